The number of nitrogens with zero attached hydrogens (tertiary/aromatic N) is 3. The number of carbonyl (C=O) groups is 2. The van der Waals surface area contributed by atoms with E-state index in [1.165, 1.54) is 0 Å². The van der Waals surface area contributed by atoms with Crippen molar-refractivity contribution in [2.75, 3.05) is 18.6 Å². The SMILES string of the molecule is COc1ccc(CN2C(=O)C3CCCN3c3ccc(-n4cccc4)cc3[C@H]2C(=O)NC(C)C)cc1. The highest BCUT2D eigenvalue weighted by Crippen LogP contribution is 2.41. The standard InChI is InChI=1S/C28H32N4O3/c1-19(2)29-27(33)26-23-17-21(30-14-4-5-15-30)10-13-24(23)31-16-6-7-25(31)28(34)32(26)18-20-8-11-22(35-3)12-9-20/h4-5,8-15,17,19,25-26H,6-7,16,18H2,1-3H3,(H,29,33)/t25?,26-/m0/s1. The Labute approximate surface area is 206 Å². The van der Waals surface area contributed by atoms with E-state index in [0.717, 1.165) is 47.6 Å². The quantitative estimate of drug-likeness (QED) is 0.588. The van der Waals surface area contributed by atoms with Crippen LogP contribution in [0.3, 0.4) is 0 Å². The Balaban J connectivity index is 1.64. The molecular weight excluding hydrogens is 440 g/mol. The molecule has 0 bridgehead atoms. The number of carbonyl (C=O) groups excluding carboxylic acids is 2. The van der Waals surface area contributed by atoms with Gasteiger partial charge in [0.05, 0.1) is 7.11 Å². The van der Waals surface area contributed by atoms with Crippen LogP contribution in [0.25, 0.3) is 5.69 Å². The number of rotatable bonds is 6. The maximum absolute atomic E-state index is 14.0. The number of amides is 2. The molecule has 1 unspecified atom stereocenters. The van der Waals surface area contributed by atoms with Crippen LogP contribution >= 0.6 is 0 Å². The third kappa shape index (κ3) is 4.38. The van der Waals surface area contributed by atoms with Crippen molar-refractivity contribution in [2.45, 2.75) is 51.4 Å². The molecule has 5 rings (SSSR count). The molecule has 1 N–H and O–H groups in total. The van der Waals surface area contributed by atoms with Gasteiger partial charge in [-0.25, -0.2) is 0 Å². The molecule has 0 saturated carbocycles. The van der Waals surface area contributed by atoms with Crippen molar-refractivity contribution in [1.29, 1.82) is 0 Å². The predicted molar refractivity (Wildman–Crippen MR) is 136 cm³/mol. The lowest BCUT2D eigenvalue weighted by molar-refractivity contribution is -0.142. The highest BCUT2D eigenvalue weighted by Gasteiger charge is 2.44. The second-order valence-electron chi connectivity index (χ2n) is 9.56. The van der Waals surface area contributed by atoms with Crippen LogP contribution < -0.4 is 15.0 Å². The Morgan fingerprint density at radius 3 is 2.54 bits per heavy atom. The monoisotopic (exact) mass is 472 g/mol. The molecule has 7 nitrogen and oxygen atoms in total. The van der Waals surface area contributed by atoms with Gasteiger partial charge in [-0.05, 0) is 74.7 Å². The van der Waals surface area contributed by atoms with Gasteiger partial charge in [0.25, 0.3) is 0 Å². The molecule has 3 aromatic rings. The molecule has 3 heterocycles. The first kappa shape index (κ1) is 23.0. The fourth-order valence-electron chi connectivity index (χ4n) is 5.23. The van der Waals surface area contributed by atoms with Crippen LogP contribution in [0.15, 0.2) is 67.0 Å². The summed E-state index contributed by atoms with van der Waals surface area (Å²) >= 11 is 0. The second-order valence-corrected chi connectivity index (χ2v) is 9.56. The Hall–Kier alpha value is -3.74. The highest BCUT2D eigenvalue weighted by atomic mass is 16.5. The summed E-state index contributed by atoms with van der Waals surface area (Å²) in [7, 11) is 1.63. The largest absolute Gasteiger partial charge is 0.497 e. The van der Waals surface area contributed by atoms with Crippen molar-refractivity contribution >= 4 is 17.5 Å². The van der Waals surface area contributed by atoms with E-state index in [4.69, 9.17) is 4.74 Å². The Bertz CT molecular complexity index is 1200. The average molecular weight is 473 g/mol. The number of nitrogens with one attached hydrogen (secondary N) is 1. The van der Waals surface area contributed by atoms with Crippen molar-refractivity contribution in [2.24, 2.45) is 0 Å². The van der Waals surface area contributed by atoms with E-state index >= 15 is 0 Å². The number of hydrogen-bond acceptors (Lipinski definition) is 4. The lowest BCUT2D eigenvalue weighted by Crippen LogP contribution is -2.48. The second kappa shape index (κ2) is 9.49. The van der Waals surface area contributed by atoms with Crippen molar-refractivity contribution in [3.05, 3.63) is 78.1 Å². The summed E-state index contributed by atoms with van der Waals surface area (Å²) < 4.78 is 7.33. The number of hydrogen-bond donors (Lipinski definition) is 1. The van der Waals surface area contributed by atoms with Crippen LogP contribution in [-0.2, 0) is 16.1 Å². The summed E-state index contributed by atoms with van der Waals surface area (Å²) in [5.74, 6) is 0.601. The first-order valence-corrected chi connectivity index (χ1v) is 12.2. The summed E-state index contributed by atoms with van der Waals surface area (Å²) in [6, 6.07) is 16.8. The minimum atomic E-state index is -0.733. The van der Waals surface area contributed by atoms with E-state index in [2.05, 4.69) is 28.4 Å². The number of ether oxygens (including phenoxy) is 1. The molecule has 182 valence electrons. The molecule has 2 amide bonds. The average Bonchev–Trinajstić information content (AvgIpc) is 3.54. The van der Waals surface area contributed by atoms with E-state index in [9.17, 15) is 9.59 Å². The molecule has 0 radical (unpaired) electrons. The van der Waals surface area contributed by atoms with Crippen LogP contribution in [0.2, 0.25) is 0 Å². The molecular formula is C28H32N4O3. The van der Waals surface area contributed by atoms with E-state index in [1.54, 1.807) is 12.0 Å². The third-order valence-electron chi connectivity index (χ3n) is 6.84. The summed E-state index contributed by atoms with van der Waals surface area (Å²) in [5, 5.41) is 3.08. The number of benzene rings is 2. The summed E-state index contributed by atoms with van der Waals surface area (Å²) in [5.41, 5.74) is 3.75. The fraction of sp³-hybridized carbons (Fsp3) is 0.357. The molecule has 1 aromatic heterocycles. The van der Waals surface area contributed by atoms with Crippen LogP contribution in [0.5, 0.6) is 5.75 Å². The van der Waals surface area contributed by atoms with Gasteiger partial charge in [-0.3, -0.25) is 9.59 Å². The molecule has 7 heteroatoms. The van der Waals surface area contributed by atoms with Gasteiger partial charge < -0.3 is 24.4 Å². The lowest BCUT2D eigenvalue weighted by Gasteiger charge is -2.32. The van der Waals surface area contributed by atoms with E-state index in [1.807, 2.05) is 67.2 Å². The van der Waals surface area contributed by atoms with Gasteiger partial charge in [0.2, 0.25) is 11.8 Å². The smallest absolute Gasteiger partial charge is 0.247 e. The van der Waals surface area contributed by atoms with Crippen LogP contribution in [0, 0.1) is 0 Å². The van der Waals surface area contributed by atoms with Gasteiger partial charge in [-0.1, -0.05) is 12.1 Å². The molecule has 35 heavy (non-hydrogen) atoms. The summed E-state index contributed by atoms with van der Waals surface area (Å²) in [4.78, 5) is 31.7. The molecule has 1 fully saturated rings. The van der Waals surface area contributed by atoms with Crippen LogP contribution in [0.4, 0.5) is 5.69 Å². The van der Waals surface area contributed by atoms with Crippen molar-refractivity contribution in [1.82, 2.24) is 14.8 Å². The van der Waals surface area contributed by atoms with E-state index < -0.39 is 6.04 Å². The molecule has 2 atom stereocenters. The number of aromatic nitrogens is 1. The Kier molecular flexibility index (Phi) is 6.24. The zero-order valence-electron chi connectivity index (χ0n) is 20.5. The zero-order valence-corrected chi connectivity index (χ0v) is 20.5. The van der Waals surface area contributed by atoms with Gasteiger partial charge in [0, 0.05) is 48.5 Å². The maximum atomic E-state index is 14.0. The van der Waals surface area contributed by atoms with E-state index in [0.29, 0.717) is 6.54 Å². The lowest BCUT2D eigenvalue weighted by atomic mass is 9.99. The summed E-state index contributed by atoms with van der Waals surface area (Å²) in [6.07, 6.45) is 5.71. The zero-order chi connectivity index (χ0) is 24.5. The Morgan fingerprint density at radius 1 is 1.11 bits per heavy atom. The van der Waals surface area contributed by atoms with Gasteiger partial charge in [-0.15, -0.1) is 0 Å². The van der Waals surface area contributed by atoms with Gasteiger partial charge in [0.15, 0.2) is 0 Å². The molecule has 1 saturated heterocycles. The van der Waals surface area contributed by atoms with Gasteiger partial charge in [0.1, 0.15) is 17.8 Å². The molecule has 2 aromatic carbocycles. The Morgan fingerprint density at radius 2 is 1.86 bits per heavy atom. The third-order valence-corrected chi connectivity index (χ3v) is 6.84. The van der Waals surface area contributed by atoms with Gasteiger partial charge >= 0.3 is 0 Å². The minimum Gasteiger partial charge on any atom is -0.497 e. The maximum Gasteiger partial charge on any atom is 0.247 e. The van der Waals surface area contributed by atoms with Crippen molar-refractivity contribution in [3.63, 3.8) is 0 Å². The predicted octanol–water partition coefficient (Wildman–Crippen LogP) is 4.06. The topological polar surface area (TPSA) is 66.8 Å². The highest BCUT2D eigenvalue weighted by molar-refractivity contribution is 5.96. The van der Waals surface area contributed by atoms with Crippen LogP contribution in [0.1, 0.15) is 43.9 Å². The number of methoxy groups -OCH3 is 1. The van der Waals surface area contributed by atoms with E-state index in [-0.39, 0.29) is 23.9 Å². The number of anilines is 1. The first-order chi connectivity index (χ1) is 17.0. The van der Waals surface area contributed by atoms with Crippen LogP contribution in [-0.4, -0.2) is 47.0 Å². The number of fused-ring (bicyclic) bond motifs is 3. The molecule has 0 spiro atoms. The fourth-order valence-corrected chi connectivity index (χ4v) is 5.23. The normalized spacial score (nSPS) is 19.4. The molecule has 2 aliphatic rings. The van der Waals surface area contributed by atoms with Crippen molar-refractivity contribution < 1.29 is 14.3 Å². The minimum absolute atomic E-state index is 0.000869. The summed E-state index contributed by atoms with van der Waals surface area (Å²) in [6.45, 7) is 5.04. The first-order valence-electron chi connectivity index (χ1n) is 12.2. The van der Waals surface area contributed by atoms with Gasteiger partial charge in [-0.2, -0.15) is 0 Å². The molecule has 0 aliphatic carbocycles. The molecule has 2 aliphatic heterocycles. The van der Waals surface area contributed by atoms with Crippen molar-refractivity contribution in [3.8, 4) is 11.4 Å².